The Labute approximate surface area is 139 Å². The van der Waals surface area contributed by atoms with Crippen molar-refractivity contribution >= 4 is 36.4 Å². The van der Waals surface area contributed by atoms with Gasteiger partial charge in [0.25, 0.3) is 0 Å². The molecule has 0 unspecified atom stereocenters. The first-order chi connectivity index (χ1) is 8.81. The number of nitrogens with one attached hydrogen (secondary N) is 1. The number of rotatable bonds is 5. The van der Waals surface area contributed by atoms with Crippen LogP contribution in [-0.4, -0.2) is 31.1 Å². The summed E-state index contributed by atoms with van der Waals surface area (Å²) in [5, 5.41) is 4.21. The SMILES string of the molecule is C=CCC[C@@H](c1ccc(Cl)cc1)N1CCNCC1.Cl.Cl. The van der Waals surface area contributed by atoms with E-state index in [0.29, 0.717) is 6.04 Å². The average molecular weight is 338 g/mol. The molecule has 20 heavy (non-hydrogen) atoms. The van der Waals surface area contributed by atoms with Gasteiger partial charge >= 0.3 is 0 Å². The zero-order valence-corrected chi connectivity index (χ0v) is 13.9. The molecule has 0 bridgehead atoms. The Morgan fingerprint density at radius 2 is 1.80 bits per heavy atom. The van der Waals surface area contributed by atoms with Gasteiger partial charge in [-0.1, -0.05) is 29.8 Å². The minimum atomic E-state index is 0. The van der Waals surface area contributed by atoms with Crippen LogP contribution in [0.25, 0.3) is 0 Å². The topological polar surface area (TPSA) is 15.3 Å². The smallest absolute Gasteiger partial charge is 0.0406 e. The van der Waals surface area contributed by atoms with Crippen LogP contribution in [0.1, 0.15) is 24.4 Å². The first kappa shape index (κ1) is 19.8. The van der Waals surface area contributed by atoms with E-state index in [-0.39, 0.29) is 24.8 Å². The molecule has 0 spiro atoms. The Hall–Kier alpha value is -0.250. The zero-order valence-electron chi connectivity index (χ0n) is 11.6. The van der Waals surface area contributed by atoms with E-state index in [4.69, 9.17) is 11.6 Å². The van der Waals surface area contributed by atoms with E-state index >= 15 is 0 Å². The third kappa shape index (κ3) is 5.63. The number of halogens is 3. The Kier molecular flexibility index (Phi) is 10.3. The second-order valence-corrected chi connectivity index (χ2v) is 5.16. The molecule has 1 aliphatic rings. The normalized spacial score (nSPS) is 16.6. The maximum absolute atomic E-state index is 5.97. The van der Waals surface area contributed by atoms with Crippen molar-refractivity contribution in [3.05, 3.63) is 47.5 Å². The Bertz CT molecular complexity index is 375. The van der Waals surface area contributed by atoms with Crippen molar-refractivity contribution in [3.8, 4) is 0 Å². The van der Waals surface area contributed by atoms with E-state index in [0.717, 1.165) is 44.0 Å². The summed E-state index contributed by atoms with van der Waals surface area (Å²) >= 11 is 5.97. The van der Waals surface area contributed by atoms with E-state index in [9.17, 15) is 0 Å². The number of nitrogens with zero attached hydrogens (tertiary/aromatic N) is 1. The van der Waals surface area contributed by atoms with E-state index < -0.39 is 0 Å². The number of piperazine rings is 1. The molecule has 114 valence electrons. The van der Waals surface area contributed by atoms with Crippen LogP contribution in [0, 0.1) is 0 Å². The maximum Gasteiger partial charge on any atom is 0.0406 e. The van der Waals surface area contributed by atoms with Crippen molar-refractivity contribution in [2.24, 2.45) is 0 Å². The van der Waals surface area contributed by atoms with Gasteiger partial charge in [-0.3, -0.25) is 4.90 Å². The predicted molar refractivity (Wildman–Crippen MR) is 92.6 cm³/mol. The highest BCUT2D eigenvalue weighted by Gasteiger charge is 2.21. The van der Waals surface area contributed by atoms with Gasteiger partial charge in [-0.05, 0) is 30.5 Å². The first-order valence-electron chi connectivity index (χ1n) is 6.62. The molecule has 1 heterocycles. The third-order valence-corrected chi connectivity index (χ3v) is 3.74. The van der Waals surface area contributed by atoms with E-state index in [1.165, 1.54) is 5.56 Å². The van der Waals surface area contributed by atoms with Crippen LogP contribution >= 0.6 is 36.4 Å². The van der Waals surface area contributed by atoms with Crippen LogP contribution in [0.2, 0.25) is 5.02 Å². The van der Waals surface area contributed by atoms with Gasteiger partial charge in [0, 0.05) is 37.2 Å². The summed E-state index contributed by atoms with van der Waals surface area (Å²) in [7, 11) is 0. The second-order valence-electron chi connectivity index (χ2n) is 4.72. The monoisotopic (exact) mass is 336 g/mol. The summed E-state index contributed by atoms with van der Waals surface area (Å²) in [6.07, 6.45) is 4.19. The molecule has 0 aromatic heterocycles. The summed E-state index contributed by atoms with van der Waals surface area (Å²) in [6, 6.07) is 8.76. The van der Waals surface area contributed by atoms with Crippen molar-refractivity contribution in [2.75, 3.05) is 26.2 Å². The molecular formula is C15H23Cl3N2. The molecule has 0 aliphatic carbocycles. The van der Waals surface area contributed by atoms with Gasteiger partial charge in [0.2, 0.25) is 0 Å². The fourth-order valence-corrected chi connectivity index (χ4v) is 2.64. The molecule has 2 nitrogen and oxygen atoms in total. The van der Waals surface area contributed by atoms with Crippen LogP contribution in [-0.2, 0) is 0 Å². The maximum atomic E-state index is 5.97. The van der Waals surface area contributed by atoms with Gasteiger partial charge in [-0.15, -0.1) is 31.4 Å². The Balaban J connectivity index is 0.00000180. The number of hydrogen-bond acceptors (Lipinski definition) is 2. The quantitative estimate of drug-likeness (QED) is 0.814. The van der Waals surface area contributed by atoms with Crippen LogP contribution in [0.4, 0.5) is 0 Å². The van der Waals surface area contributed by atoms with Gasteiger partial charge in [-0.2, -0.15) is 0 Å². The highest BCUT2D eigenvalue weighted by Crippen LogP contribution is 2.27. The summed E-state index contributed by atoms with van der Waals surface area (Å²) in [4.78, 5) is 2.56. The largest absolute Gasteiger partial charge is 0.314 e. The van der Waals surface area contributed by atoms with Crippen LogP contribution in [0.5, 0.6) is 0 Å². The van der Waals surface area contributed by atoms with Crippen molar-refractivity contribution in [2.45, 2.75) is 18.9 Å². The molecule has 1 saturated heterocycles. The highest BCUT2D eigenvalue weighted by atomic mass is 35.5. The van der Waals surface area contributed by atoms with Crippen LogP contribution in [0.15, 0.2) is 36.9 Å². The van der Waals surface area contributed by atoms with Crippen LogP contribution in [0.3, 0.4) is 0 Å². The lowest BCUT2D eigenvalue weighted by Gasteiger charge is -2.35. The number of hydrogen-bond donors (Lipinski definition) is 1. The molecule has 5 heteroatoms. The highest BCUT2D eigenvalue weighted by molar-refractivity contribution is 6.30. The number of allylic oxidation sites excluding steroid dienone is 1. The molecule has 2 rings (SSSR count). The second kappa shape index (κ2) is 10.5. The average Bonchev–Trinajstić information content (AvgIpc) is 2.42. The Morgan fingerprint density at radius 3 is 2.35 bits per heavy atom. The third-order valence-electron chi connectivity index (χ3n) is 3.49. The fourth-order valence-electron chi connectivity index (χ4n) is 2.51. The minimum absolute atomic E-state index is 0. The fraction of sp³-hybridized carbons (Fsp3) is 0.467. The molecular weight excluding hydrogens is 315 g/mol. The standard InChI is InChI=1S/C15H21ClN2.2ClH/c1-2-3-4-15(18-11-9-17-10-12-18)13-5-7-14(16)8-6-13;;/h2,5-8,15,17H,1,3-4,9-12H2;2*1H/t15-;;/m0../s1. The molecule has 1 aromatic rings. The van der Waals surface area contributed by atoms with Crippen molar-refractivity contribution in [1.82, 2.24) is 10.2 Å². The zero-order chi connectivity index (χ0) is 12.8. The molecule has 1 aromatic carbocycles. The van der Waals surface area contributed by atoms with Crippen molar-refractivity contribution in [3.63, 3.8) is 0 Å². The summed E-state index contributed by atoms with van der Waals surface area (Å²) < 4.78 is 0. The van der Waals surface area contributed by atoms with Crippen molar-refractivity contribution < 1.29 is 0 Å². The molecule has 1 atom stereocenters. The Morgan fingerprint density at radius 1 is 1.20 bits per heavy atom. The molecule has 0 amide bonds. The predicted octanol–water partition coefficient (Wildman–Crippen LogP) is 4.10. The lowest BCUT2D eigenvalue weighted by atomic mass is 9.99. The summed E-state index contributed by atoms with van der Waals surface area (Å²) in [5.74, 6) is 0. The van der Waals surface area contributed by atoms with Gasteiger partial charge in [0.15, 0.2) is 0 Å². The van der Waals surface area contributed by atoms with Gasteiger partial charge in [-0.25, -0.2) is 0 Å². The first-order valence-corrected chi connectivity index (χ1v) is 7.00. The molecule has 1 N–H and O–H groups in total. The lowest BCUT2D eigenvalue weighted by Crippen LogP contribution is -2.45. The molecule has 0 saturated carbocycles. The summed E-state index contributed by atoms with van der Waals surface area (Å²) in [6.45, 7) is 8.23. The van der Waals surface area contributed by atoms with Gasteiger partial charge in [0.05, 0.1) is 0 Å². The van der Waals surface area contributed by atoms with Gasteiger partial charge in [0.1, 0.15) is 0 Å². The van der Waals surface area contributed by atoms with E-state index in [2.05, 4.69) is 28.9 Å². The van der Waals surface area contributed by atoms with E-state index in [1.807, 2.05) is 18.2 Å². The van der Waals surface area contributed by atoms with Crippen LogP contribution < -0.4 is 5.32 Å². The van der Waals surface area contributed by atoms with Gasteiger partial charge < -0.3 is 5.32 Å². The minimum Gasteiger partial charge on any atom is -0.314 e. The molecule has 1 fully saturated rings. The lowest BCUT2D eigenvalue weighted by molar-refractivity contribution is 0.166. The number of benzene rings is 1. The molecule has 1 aliphatic heterocycles. The molecule has 0 radical (unpaired) electrons. The summed E-state index contributed by atoms with van der Waals surface area (Å²) in [5.41, 5.74) is 1.36. The van der Waals surface area contributed by atoms with E-state index in [1.54, 1.807) is 0 Å². The van der Waals surface area contributed by atoms with Crippen molar-refractivity contribution in [1.29, 1.82) is 0 Å².